The molecule has 0 aromatic heterocycles. The quantitative estimate of drug-likeness (QED) is 0.659. The highest BCUT2D eigenvalue weighted by Crippen LogP contribution is 2.12. The fourth-order valence-electron chi connectivity index (χ4n) is 2.07. The van der Waals surface area contributed by atoms with Crippen LogP contribution in [0.4, 0.5) is 0 Å². The van der Waals surface area contributed by atoms with E-state index in [9.17, 15) is 0 Å². The van der Waals surface area contributed by atoms with Gasteiger partial charge in [-0.05, 0) is 39.4 Å². The van der Waals surface area contributed by atoms with E-state index in [0.29, 0.717) is 6.10 Å². The van der Waals surface area contributed by atoms with Gasteiger partial charge < -0.3 is 20.1 Å². The first-order valence-corrected chi connectivity index (χ1v) is 5.83. The van der Waals surface area contributed by atoms with Gasteiger partial charge in [0.15, 0.2) is 0 Å². The van der Waals surface area contributed by atoms with E-state index >= 15 is 0 Å². The molecule has 1 aliphatic rings. The van der Waals surface area contributed by atoms with Gasteiger partial charge in [-0.3, -0.25) is 0 Å². The first kappa shape index (κ1) is 12.9. The molecule has 90 valence electrons. The molecule has 4 nitrogen and oxygen atoms in total. The van der Waals surface area contributed by atoms with Crippen molar-refractivity contribution in [3.8, 4) is 0 Å². The number of aliphatic hydroxyl groups is 1. The third-order valence-corrected chi connectivity index (χ3v) is 3.22. The number of likely N-dealkylation sites (tertiary alicyclic amines) is 1. The van der Waals surface area contributed by atoms with Crippen LogP contribution in [0.5, 0.6) is 0 Å². The van der Waals surface area contributed by atoms with Crippen molar-refractivity contribution in [3.05, 3.63) is 0 Å². The monoisotopic (exact) mass is 216 g/mol. The van der Waals surface area contributed by atoms with Crippen molar-refractivity contribution in [2.75, 3.05) is 40.4 Å². The van der Waals surface area contributed by atoms with E-state index in [4.69, 9.17) is 9.84 Å². The zero-order valence-corrected chi connectivity index (χ0v) is 9.91. The summed E-state index contributed by atoms with van der Waals surface area (Å²) >= 11 is 0. The van der Waals surface area contributed by atoms with Crippen molar-refractivity contribution in [1.82, 2.24) is 10.2 Å². The minimum absolute atomic E-state index is 0.220. The Hall–Kier alpha value is -0.160. The normalized spacial score (nSPS) is 25.4. The lowest BCUT2D eigenvalue weighted by molar-refractivity contribution is 0.0295. The van der Waals surface area contributed by atoms with Gasteiger partial charge in [-0.25, -0.2) is 0 Å². The Balaban J connectivity index is 2.20. The van der Waals surface area contributed by atoms with Gasteiger partial charge in [0.2, 0.25) is 0 Å². The van der Waals surface area contributed by atoms with E-state index in [1.165, 1.54) is 19.4 Å². The molecule has 0 amide bonds. The van der Waals surface area contributed by atoms with Gasteiger partial charge in [-0.1, -0.05) is 0 Å². The van der Waals surface area contributed by atoms with Crippen molar-refractivity contribution in [2.24, 2.45) is 0 Å². The molecule has 15 heavy (non-hydrogen) atoms. The van der Waals surface area contributed by atoms with Crippen LogP contribution < -0.4 is 5.32 Å². The largest absolute Gasteiger partial charge is 0.395 e. The number of piperidine rings is 1. The van der Waals surface area contributed by atoms with E-state index in [0.717, 1.165) is 19.5 Å². The van der Waals surface area contributed by atoms with Gasteiger partial charge >= 0.3 is 0 Å². The average molecular weight is 216 g/mol. The van der Waals surface area contributed by atoms with Crippen molar-refractivity contribution in [3.63, 3.8) is 0 Å². The number of methoxy groups -OCH3 is 1. The number of ether oxygens (including phenoxy) is 1. The Labute approximate surface area is 92.6 Å². The maximum absolute atomic E-state index is 9.05. The number of hydrogen-bond donors (Lipinski definition) is 2. The molecule has 1 aliphatic heterocycles. The average Bonchev–Trinajstić information content (AvgIpc) is 2.31. The van der Waals surface area contributed by atoms with Gasteiger partial charge in [0, 0.05) is 19.7 Å². The molecule has 0 spiro atoms. The maximum Gasteiger partial charge on any atom is 0.0698 e. The summed E-state index contributed by atoms with van der Waals surface area (Å²) in [6.07, 6.45) is 3.81. The molecule has 0 aromatic rings. The summed E-state index contributed by atoms with van der Waals surface area (Å²) in [5, 5.41) is 12.2. The third-order valence-electron chi connectivity index (χ3n) is 3.22. The van der Waals surface area contributed by atoms with E-state index in [2.05, 4.69) is 10.2 Å². The number of hydrogen-bond acceptors (Lipinski definition) is 4. The highest BCUT2D eigenvalue weighted by Gasteiger charge is 2.19. The summed E-state index contributed by atoms with van der Waals surface area (Å²) in [6.45, 7) is 3.48. The first-order valence-electron chi connectivity index (χ1n) is 5.83. The fraction of sp³-hybridized carbons (Fsp3) is 1.00. The smallest absolute Gasteiger partial charge is 0.0698 e. The zero-order valence-electron chi connectivity index (χ0n) is 9.91. The lowest BCUT2D eigenvalue weighted by atomic mass is 10.1. The van der Waals surface area contributed by atoms with Crippen LogP contribution in [0.1, 0.15) is 19.3 Å². The van der Waals surface area contributed by atoms with Crippen LogP contribution in [0.15, 0.2) is 0 Å². The summed E-state index contributed by atoms with van der Waals surface area (Å²) < 4.78 is 5.37. The summed E-state index contributed by atoms with van der Waals surface area (Å²) in [4.78, 5) is 2.43. The summed E-state index contributed by atoms with van der Waals surface area (Å²) in [6, 6.07) is 0.230. The van der Waals surface area contributed by atoms with Crippen molar-refractivity contribution < 1.29 is 9.84 Å². The molecular formula is C11H24N2O2. The molecule has 0 aliphatic carbocycles. The van der Waals surface area contributed by atoms with Gasteiger partial charge in [0.25, 0.3) is 0 Å². The van der Waals surface area contributed by atoms with Crippen LogP contribution in [-0.4, -0.2) is 62.6 Å². The van der Waals surface area contributed by atoms with Gasteiger partial charge in [-0.2, -0.15) is 0 Å². The SMILES string of the molecule is CNC(CO)CCN1CCCC(OC)C1. The van der Waals surface area contributed by atoms with Gasteiger partial charge in [0.05, 0.1) is 12.7 Å². The summed E-state index contributed by atoms with van der Waals surface area (Å²) in [5.74, 6) is 0. The Bertz CT molecular complexity index is 163. The lowest BCUT2D eigenvalue weighted by Gasteiger charge is -2.32. The van der Waals surface area contributed by atoms with Crippen molar-refractivity contribution in [1.29, 1.82) is 0 Å². The molecular weight excluding hydrogens is 192 g/mol. The second-order valence-corrected chi connectivity index (χ2v) is 4.26. The van der Waals surface area contributed by atoms with Crippen LogP contribution >= 0.6 is 0 Å². The standard InChI is InChI=1S/C11H24N2O2/c1-12-10(9-14)5-7-13-6-3-4-11(8-13)15-2/h10-12,14H,3-9H2,1-2H3. The predicted molar refractivity (Wildman–Crippen MR) is 61.0 cm³/mol. The van der Waals surface area contributed by atoms with Gasteiger partial charge in [0.1, 0.15) is 0 Å². The van der Waals surface area contributed by atoms with Crippen molar-refractivity contribution in [2.45, 2.75) is 31.4 Å². The zero-order chi connectivity index (χ0) is 11.1. The number of nitrogens with zero attached hydrogens (tertiary/aromatic N) is 1. The predicted octanol–water partition coefficient (Wildman–Crippen LogP) is 0.0676. The minimum atomic E-state index is 0.220. The first-order chi connectivity index (χ1) is 7.30. The molecule has 0 bridgehead atoms. The van der Waals surface area contributed by atoms with Crippen LogP contribution in [0.25, 0.3) is 0 Å². The molecule has 4 heteroatoms. The molecule has 1 fully saturated rings. The van der Waals surface area contributed by atoms with E-state index < -0.39 is 0 Å². The molecule has 2 unspecified atom stereocenters. The van der Waals surface area contributed by atoms with Crippen LogP contribution in [0, 0.1) is 0 Å². The Morgan fingerprint density at radius 2 is 2.40 bits per heavy atom. The number of rotatable bonds is 6. The Morgan fingerprint density at radius 3 is 3.00 bits per heavy atom. The molecule has 1 rings (SSSR count). The lowest BCUT2D eigenvalue weighted by Crippen LogP contribution is -2.42. The summed E-state index contributed by atoms with van der Waals surface area (Å²) in [7, 11) is 3.69. The molecule has 1 saturated heterocycles. The second-order valence-electron chi connectivity index (χ2n) is 4.26. The molecule has 0 aromatic carbocycles. The highest BCUT2D eigenvalue weighted by molar-refractivity contribution is 4.74. The topological polar surface area (TPSA) is 44.7 Å². The Morgan fingerprint density at radius 1 is 1.60 bits per heavy atom. The number of nitrogens with one attached hydrogen (secondary N) is 1. The molecule has 2 N–H and O–H groups in total. The molecule has 2 atom stereocenters. The van der Waals surface area contributed by atoms with Crippen LogP contribution in [0.2, 0.25) is 0 Å². The number of aliphatic hydroxyl groups excluding tert-OH is 1. The van der Waals surface area contributed by atoms with E-state index in [1.807, 2.05) is 7.05 Å². The highest BCUT2D eigenvalue weighted by atomic mass is 16.5. The number of likely N-dealkylation sites (N-methyl/N-ethyl adjacent to an activating group) is 1. The third kappa shape index (κ3) is 4.47. The second kappa shape index (κ2) is 7.17. The minimum Gasteiger partial charge on any atom is -0.395 e. The van der Waals surface area contributed by atoms with Gasteiger partial charge in [-0.15, -0.1) is 0 Å². The molecule has 1 heterocycles. The molecule has 0 saturated carbocycles. The van der Waals surface area contributed by atoms with E-state index in [-0.39, 0.29) is 12.6 Å². The fourth-order valence-corrected chi connectivity index (χ4v) is 2.07. The maximum atomic E-state index is 9.05. The summed E-state index contributed by atoms with van der Waals surface area (Å²) in [5.41, 5.74) is 0. The van der Waals surface area contributed by atoms with Crippen LogP contribution in [0.3, 0.4) is 0 Å². The Kier molecular flexibility index (Phi) is 6.17. The van der Waals surface area contributed by atoms with Crippen molar-refractivity contribution >= 4 is 0 Å². The molecule has 0 radical (unpaired) electrons. The van der Waals surface area contributed by atoms with Crippen LogP contribution in [-0.2, 0) is 4.74 Å². The van der Waals surface area contributed by atoms with E-state index in [1.54, 1.807) is 7.11 Å².